The fraction of sp³-hybridized carbons (Fsp3) is 0.375. The fourth-order valence-electron chi connectivity index (χ4n) is 2.62. The molecule has 0 heterocycles. The van der Waals surface area contributed by atoms with E-state index in [0.29, 0.717) is 23.7 Å². The fourth-order valence-corrected chi connectivity index (χ4v) is 3.23. The molecule has 0 spiro atoms. The van der Waals surface area contributed by atoms with Crippen molar-refractivity contribution < 1.29 is 18.3 Å². The number of benzene rings is 2. The Bertz CT molecular complexity index is 854. The van der Waals surface area contributed by atoms with Gasteiger partial charge in [-0.05, 0) is 36.2 Å². The van der Waals surface area contributed by atoms with Gasteiger partial charge in [-0.15, -0.1) is 0 Å². The maximum Gasteiger partial charge on any atom is 0.274 e. The van der Waals surface area contributed by atoms with E-state index >= 15 is 0 Å². The van der Waals surface area contributed by atoms with Crippen molar-refractivity contribution in [2.75, 3.05) is 0 Å². The third kappa shape index (κ3) is 6.86. The molecule has 1 radical (unpaired) electrons. The molecular weight excluding hydrogens is 383 g/mol. The summed E-state index contributed by atoms with van der Waals surface area (Å²) in [4.78, 5) is 12.9. The summed E-state index contributed by atoms with van der Waals surface area (Å²) < 4.78 is 25.9. The van der Waals surface area contributed by atoms with Gasteiger partial charge in [0.05, 0.1) is 5.56 Å². The molecule has 5 heteroatoms. The average Bonchev–Trinajstić information content (AvgIpc) is 2.65. The van der Waals surface area contributed by atoms with Crippen LogP contribution >= 0.6 is 0 Å². The molecule has 0 saturated heterocycles. The second kappa shape index (κ2) is 9.88. The third-order valence-electron chi connectivity index (χ3n) is 4.76. The summed E-state index contributed by atoms with van der Waals surface area (Å²) in [5, 5.41) is 0. The number of hydrogen-bond acceptors (Lipinski definition) is 3. The SMILES string of the molecule is C[C@H](C(=O)C=C(O[Si](C)C)c1ccc(F)cc1OCc1ccccc1)C(C)(C)C. The Morgan fingerprint density at radius 1 is 1.14 bits per heavy atom. The summed E-state index contributed by atoms with van der Waals surface area (Å²) in [6.07, 6.45) is 1.54. The maximum absolute atomic E-state index is 13.9. The van der Waals surface area contributed by atoms with Crippen molar-refractivity contribution in [2.45, 2.75) is 47.4 Å². The van der Waals surface area contributed by atoms with E-state index in [1.54, 1.807) is 6.07 Å². The molecule has 0 fully saturated rings. The molecule has 0 saturated carbocycles. The number of ketones is 1. The van der Waals surface area contributed by atoms with E-state index in [-0.39, 0.29) is 17.1 Å². The minimum atomic E-state index is -1.15. The van der Waals surface area contributed by atoms with Crippen LogP contribution in [-0.4, -0.2) is 14.8 Å². The average molecular weight is 414 g/mol. The van der Waals surface area contributed by atoms with Crippen LogP contribution in [0.1, 0.15) is 38.8 Å². The van der Waals surface area contributed by atoms with Gasteiger partial charge in [0.25, 0.3) is 9.04 Å². The zero-order valence-electron chi connectivity index (χ0n) is 18.1. The molecule has 0 amide bonds. The van der Waals surface area contributed by atoms with Crippen molar-refractivity contribution in [3.8, 4) is 5.75 Å². The van der Waals surface area contributed by atoms with Crippen LogP contribution in [0.25, 0.3) is 5.76 Å². The third-order valence-corrected chi connectivity index (χ3v) is 5.39. The highest BCUT2D eigenvalue weighted by Gasteiger charge is 2.26. The number of hydrogen-bond donors (Lipinski definition) is 0. The number of carbonyl (C=O) groups excluding carboxylic acids is 1. The van der Waals surface area contributed by atoms with Gasteiger partial charge in [0.2, 0.25) is 0 Å². The van der Waals surface area contributed by atoms with E-state index in [4.69, 9.17) is 9.16 Å². The van der Waals surface area contributed by atoms with E-state index in [1.165, 1.54) is 18.2 Å². The highest BCUT2D eigenvalue weighted by Crippen LogP contribution is 2.32. The molecule has 0 aliphatic carbocycles. The van der Waals surface area contributed by atoms with Crippen molar-refractivity contribution in [3.63, 3.8) is 0 Å². The molecule has 3 nitrogen and oxygen atoms in total. The second-order valence-electron chi connectivity index (χ2n) is 8.42. The molecular formula is C24H30FO3Si. The first-order valence-electron chi connectivity index (χ1n) is 9.78. The van der Waals surface area contributed by atoms with Crippen molar-refractivity contribution in [1.29, 1.82) is 0 Å². The lowest BCUT2D eigenvalue weighted by atomic mass is 9.79. The Morgan fingerprint density at radius 3 is 2.38 bits per heavy atom. The Morgan fingerprint density at radius 2 is 1.79 bits per heavy atom. The minimum Gasteiger partial charge on any atom is -0.542 e. The van der Waals surface area contributed by atoms with Gasteiger partial charge in [0.1, 0.15) is 23.9 Å². The Balaban J connectivity index is 2.39. The Kier molecular flexibility index (Phi) is 7.79. The summed E-state index contributed by atoms with van der Waals surface area (Å²) in [5.74, 6) is 0.199. The molecule has 2 aromatic carbocycles. The monoisotopic (exact) mass is 413 g/mol. The normalized spacial score (nSPS) is 13.3. The molecule has 0 bridgehead atoms. The lowest BCUT2D eigenvalue weighted by Crippen LogP contribution is -2.25. The number of carbonyl (C=O) groups is 1. The first kappa shape index (κ1) is 22.9. The molecule has 0 aromatic heterocycles. The second-order valence-corrected chi connectivity index (χ2v) is 10.4. The lowest BCUT2D eigenvalue weighted by Gasteiger charge is -2.25. The highest BCUT2D eigenvalue weighted by atomic mass is 28.3. The van der Waals surface area contributed by atoms with Crippen molar-refractivity contribution in [1.82, 2.24) is 0 Å². The first-order valence-corrected chi connectivity index (χ1v) is 12.2. The summed E-state index contributed by atoms with van der Waals surface area (Å²) in [6.45, 7) is 12.3. The first-order chi connectivity index (χ1) is 13.6. The van der Waals surface area contributed by atoms with Gasteiger partial charge in [-0.2, -0.15) is 0 Å². The van der Waals surface area contributed by atoms with Crippen LogP contribution in [0, 0.1) is 17.2 Å². The van der Waals surface area contributed by atoms with Crippen LogP contribution < -0.4 is 4.74 Å². The van der Waals surface area contributed by atoms with Gasteiger partial charge in [-0.3, -0.25) is 4.79 Å². The summed E-state index contributed by atoms with van der Waals surface area (Å²) in [6, 6.07) is 14.0. The number of ether oxygens (including phenoxy) is 1. The summed E-state index contributed by atoms with van der Waals surface area (Å²) >= 11 is 0. The largest absolute Gasteiger partial charge is 0.542 e. The number of halogens is 1. The zero-order valence-corrected chi connectivity index (χ0v) is 19.1. The quantitative estimate of drug-likeness (QED) is 0.291. The zero-order chi connectivity index (χ0) is 21.6. The van der Waals surface area contributed by atoms with Gasteiger partial charge in [-0.25, -0.2) is 4.39 Å². The molecule has 0 unspecified atom stereocenters. The molecule has 1 atom stereocenters. The van der Waals surface area contributed by atoms with E-state index in [0.717, 1.165) is 5.56 Å². The minimum absolute atomic E-state index is 0.0194. The van der Waals surface area contributed by atoms with Gasteiger partial charge in [0, 0.05) is 18.1 Å². The lowest BCUT2D eigenvalue weighted by molar-refractivity contribution is -0.120. The Hall–Kier alpha value is -2.40. The topological polar surface area (TPSA) is 35.5 Å². The van der Waals surface area contributed by atoms with E-state index < -0.39 is 14.9 Å². The van der Waals surface area contributed by atoms with E-state index in [1.807, 2.05) is 71.1 Å². The molecule has 155 valence electrons. The van der Waals surface area contributed by atoms with Gasteiger partial charge in [0.15, 0.2) is 5.78 Å². The molecule has 2 aromatic rings. The smallest absolute Gasteiger partial charge is 0.274 e. The predicted octanol–water partition coefficient (Wildman–Crippen LogP) is 6.26. The molecule has 0 aliphatic rings. The standard InChI is InChI=1S/C24H30FO3Si/c1-17(24(2,3)4)21(26)15-23(28-29(5)6)20-13-12-19(25)14-22(20)27-16-18-10-8-7-9-11-18/h7-15,17H,16H2,1-6H3/t17-/m1/s1. The highest BCUT2D eigenvalue weighted by molar-refractivity contribution is 6.49. The van der Waals surface area contributed by atoms with E-state index in [2.05, 4.69) is 0 Å². The van der Waals surface area contributed by atoms with E-state index in [9.17, 15) is 9.18 Å². The summed E-state index contributed by atoms with van der Waals surface area (Å²) in [7, 11) is -1.15. The van der Waals surface area contributed by atoms with Crippen LogP contribution in [0.4, 0.5) is 4.39 Å². The van der Waals surface area contributed by atoms with Crippen LogP contribution in [-0.2, 0) is 15.8 Å². The predicted molar refractivity (Wildman–Crippen MR) is 117 cm³/mol. The molecule has 0 aliphatic heterocycles. The van der Waals surface area contributed by atoms with Crippen LogP contribution in [0.15, 0.2) is 54.6 Å². The van der Waals surface area contributed by atoms with Crippen LogP contribution in [0.3, 0.4) is 0 Å². The van der Waals surface area contributed by atoms with Gasteiger partial charge >= 0.3 is 0 Å². The van der Waals surface area contributed by atoms with Gasteiger partial charge < -0.3 is 9.16 Å². The summed E-state index contributed by atoms with van der Waals surface area (Å²) in [5.41, 5.74) is 1.39. The number of rotatable bonds is 8. The van der Waals surface area contributed by atoms with Crippen LogP contribution in [0.5, 0.6) is 5.75 Å². The van der Waals surface area contributed by atoms with Crippen molar-refractivity contribution in [3.05, 3.63) is 71.6 Å². The van der Waals surface area contributed by atoms with Crippen molar-refractivity contribution in [2.24, 2.45) is 11.3 Å². The molecule has 2 rings (SSSR count). The maximum atomic E-state index is 13.9. The van der Waals surface area contributed by atoms with Crippen molar-refractivity contribution >= 4 is 20.6 Å². The molecule has 0 N–H and O–H groups in total. The van der Waals surface area contributed by atoms with Gasteiger partial charge in [-0.1, -0.05) is 58.0 Å². The molecule has 29 heavy (non-hydrogen) atoms. The Labute approximate surface area is 175 Å². The van der Waals surface area contributed by atoms with Crippen LogP contribution in [0.2, 0.25) is 13.1 Å². The number of allylic oxidation sites excluding steroid dienone is 1.